The summed E-state index contributed by atoms with van der Waals surface area (Å²) in [5.74, 6) is -0.569. The van der Waals surface area contributed by atoms with Crippen molar-refractivity contribution in [3.8, 4) is 6.07 Å². The van der Waals surface area contributed by atoms with Crippen LogP contribution in [0.4, 0.5) is 0 Å². The SMILES string of the molecule is CCOCOC(=O)C=CC#N. The van der Waals surface area contributed by atoms with Crippen LogP contribution in [0.3, 0.4) is 0 Å². The highest BCUT2D eigenvalue weighted by atomic mass is 16.7. The fraction of sp³-hybridized carbons (Fsp3) is 0.429. The molecule has 0 atom stereocenters. The minimum Gasteiger partial charge on any atom is -0.435 e. The standard InChI is InChI=1S/C7H9NO3/c1-2-10-6-11-7(9)4-3-5-8/h3-4H,2,6H2,1H3. The average molecular weight is 155 g/mol. The Morgan fingerprint density at radius 1 is 1.73 bits per heavy atom. The lowest BCUT2D eigenvalue weighted by atomic mass is 10.5. The summed E-state index contributed by atoms with van der Waals surface area (Å²) in [6.45, 7) is 2.22. The van der Waals surface area contributed by atoms with E-state index in [0.717, 1.165) is 12.2 Å². The lowest BCUT2D eigenvalue weighted by Gasteiger charge is -1.99. The average Bonchev–Trinajstić information content (AvgIpc) is 2.01. The first-order chi connectivity index (χ1) is 5.31. The van der Waals surface area contributed by atoms with Crippen molar-refractivity contribution in [1.82, 2.24) is 0 Å². The number of nitrogens with zero attached hydrogens (tertiary/aromatic N) is 1. The molecule has 4 heteroatoms. The zero-order valence-electron chi connectivity index (χ0n) is 6.24. The Bertz CT molecular complexity index is 181. The summed E-state index contributed by atoms with van der Waals surface area (Å²) in [7, 11) is 0. The van der Waals surface area contributed by atoms with Gasteiger partial charge in [0.25, 0.3) is 0 Å². The Labute approximate surface area is 65.0 Å². The highest BCUT2D eigenvalue weighted by Crippen LogP contribution is 1.82. The molecular formula is C7H9NO3. The molecule has 0 saturated carbocycles. The fourth-order valence-corrected chi connectivity index (χ4v) is 0.336. The third kappa shape index (κ3) is 6.55. The van der Waals surface area contributed by atoms with Crippen LogP contribution in [-0.2, 0) is 14.3 Å². The van der Waals surface area contributed by atoms with Crippen LogP contribution in [0, 0.1) is 11.3 Å². The Balaban J connectivity index is 3.39. The molecule has 0 unspecified atom stereocenters. The van der Waals surface area contributed by atoms with E-state index in [1.807, 2.05) is 0 Å². The van der Waals surface area contributed by atoms with Crippen LogP contribution in [0.2, 0.25) is 0 Å². The van der Waals surface area contributed by atoms with Crippen LogP contribution in [0.5, 0.6) is 0 Å². The van der Waals surface area contributed by atoms with Gasteiger partial charge >= 0.3 is 5.97 Å². The summed E-state index contributed by atoms with van der Waals surface area (Å²) >= 11 is 0. The van der Waals surface area contributed by atoms with Crippen LogP contribution in [0.1, 0.15) is 6.92 Å². The van der Waals surface area contributed by atoms with Crippen molar-refractivity contribution in [1.29, 1.82) is 5.26 Å². The summed E-state index contributed by atoms with van der Waals surface area (Å²) in [5.41, 5.74) is 0. The van der Waals surface area contributed by atoms with Gasteiger partial charge in [-0.2, -0.15) is 5.26 Å². The molecule has 0 saturated heterocycles. The molecule has 60 valence electrons. The first-order valence-electron chi connectivity index (χ1n) is 3.12. The molecule has 4 nitrogen and oxygen atoms in total. The third-order valence-corrected chi connectivity index (χ3v) is 0.783. The predicted molar refractivity (Wildman–Crippen MR) is 37.3 cm³/mol. The van der Waals surface area contributed by atoms with Gasteiger partial charge in [0.05, 0.1) is 6.07 Å². The number of nitriles is 1. The number of carbonyl (C=O) groups is 1. The van der Waals surface area contributed by atoms with E-state index in [9.17, 15) is 4.79 Å². The van der Waals surface area contributed by atoms with Crippen molar-refractivity contribution in [2.75, 3.05) is 13.4 Å². The molecule has 0 amide bonds. The van der Waals surface area contributed by atoms with Gasteiger partial charge in [-0.15, -0.1) is 0 Å². The lowest BCUT2D eigenvalue weighted by molar-refractivity contribution is -0.149. The summed E-state index contributed by atoms with van der Waals surface area (Å²) in [6.07, 6.45) is 2.09. The van der Waals surface area contributed by atoms with E-state index in [1.54, 1.807) is 13.0 Å². The summed E-state index contributed by atoms with van der Waals surface area (Å²) in [5, 5.41) is 8.01. The van der Waals surface area contributed by atoms with E-state index in [-0.39, 0.29) is 6.79 Å². The van der Waals surface area contributed by atoms with Gasteiger partial charge in [-0.05, 0) is 6.92 Å². The van der Waals surface area contributed by atoms with Crippen molar-refractivity contribution in [3.05, 3.63) is 12.2 Å². The predicted octanol–water partition coefficient (Wildman–Crippen LogP) is 0.603. The fourth-order valence-electron chi connectivity index (χ4n) is 0.336. The Kier molecular flexibility index (Phi) is 5.95. The van der Waals surface area contributed by atoms with Crippen LogP contribution >= 0.6 is 0 Å². The van der Waals surface area contributed by atoms with E-state index >= 15 is 0 Å². The number of carbonyl (C=O) groups excluding carboxylic acids is 1. The topological polar surface area (TPSA) is 59.3 Å². The van der Waals surface area contributed by atoms with Gasteiger partial charge in [-0.3, -0.25) is 0 Å². The molecule has 0 aromatic heterocycles. The van der Waals surface area contributed by atoms with Crippen LogP contribution < -0.4 is 0 Å². The molecule has 0 fully saturated rings. The quantitative estimate of drug-likeness (QED) is 0.196. The second kappa shape index (κ2) is 6.78. The van der Waals surface area contributed by atoms with Crippen molar-refractivity contribution < 1.29 is 14.3 Å². The Hall–Kier alpha value is -1.34. The van der Waals surface area contributed by atoms with Crippen LogP contribution in [0.25, 0.3) is 0 Å². The normalized spacial score (nSPS) is 9.45. The first kappa shape index (κ1) is 9.66. The molecule has 0 N–H and O–H groups in total. The molecular weight excluding hydrogens is 146 g/mol. The van der Waals surface area contributed by atoms with Gasteiger partial charge in [0.1, 0.15) is 0 Å². The van der Waals surface area contributed by atoms with Gasteiger partial charge in [0, 0.05) is 18.8 Å². The highest BCUT2D eigenvalue weighted by Gasteiger charge is 1.93. The van der Waals surface area contributed by atoms with E-state index < -0.39 is 5.97 Å². The number of esters is 1. The highest BCUT2D eigenvalue weighted by molar-refractivity contribution is 5.82. The van der Waals surface area contributed by atoms with E-state index in [1.165, 1.54) is 0 Å². The van der Waals surface area contributed by atoms with E-state index in [0.29, 0.717) is 6.61 Å². The maximum absolute atomic E-state index is 10.5. The molecule has 0 bridgehead atoms. The van der Waals surface area contributed by atoms with Crippen molar-refractivity contribution in [2.24, 2.45) is 0 Å². The van der Waals surface area contributed by atoms with E-state index in [2.05, 4.69) is 4.74 Å². The second-order valence-corrected chi connectivity index (χ2v) is 1.54. The van der Waals surface area contributed by atoms with E-state index in [4.69, 9.17) is 10.00 Å². The van der Waals surface area contributed by atoms with Crippen molar-refractivity contribution >= 4 is 5.97 Å². The summed E-state index contributed by atoms with van der Waals surface area (Å²) < 4.78 is 9.21. The number of allylic oxidation sites excluding steroid dienone is 1. The van der Waals surface area contributed by atoms with Gasteiger partial charge in [-0.25, -0.2) is 4.79 Å². The Morgan fingerprint density at radius 3 is 3.00 bits per heavy atom. The number of hydrogen-bond acceptors (Lipinski definition) is 4. The molecule has 0 aliphatic heterocycles. The zero-order chi connectivity index (χ0) is 8.53. The monoisotopic (exact) mass is 155 g/mol. The largest absolute Gasteiger partial charge is 0.435 e. The molecule has 0 rings (SSSR count). The Morgan fingerprint density at radius 2 is 2.45 bits per heavy atom. The first-order valence-corrected chi connectivity index (χ1v) is 3.12. The minimum absolute atomic E-state index is 0.0644. The maximum atomic E-state index is 10.5. The summed E-state index contributed by atoms with van der Waals surface area (Å²) in [4.78, 5) is 10.5. The molecule has 0 heterocycles. The molecule has 0 spiro atoms. The lowest BCUT2D eigenvalue weighted by Crippen LogP contribution is -2.05. The summed E-state index contributed by atoms with van der Waals surface area (Å²) in [6, 6.07) is 1.67. The molecule has 0 aromatic carbocycles. The molecule has 0 radical (unpaired) electrons. The van der Waals surface area contributed by atoms with Gasteiger partial charge in [0.15, 0.2) is 6.79 Å². The van der Waals surface area contributed by atoms with Gasteiger partial charge in [-0.1, -0.05) is 0 Å². The van der Waals surface area contributed by atoms with Gasteiger partial charge in [0.2, 0.25) is 0 Å². The molecule has 0 aliphatic rings. The number of hydrogen-bond donors (Lipinski definition) is 0. The van der Waals surface area contributed by atoms with Crippen molar-refractivity contribution in [3.63, 3.8) is 0 Å². The number of rotatable bonds is 4. The molecule has 0 aromatic rings. The number of ether oxygens (including phenoxy) is 2. The molecule has 0 aliphatic carbocycles. The van der Waals surface area contributed by atoms with Gasteiger partial charge < -0.3 is 9.47 Å². The smallest absolute Gasteiger partial charge is 0.333 e. The zero-order valence-corrected chi connectivity index (χ0v) is 6.24. The minimum atomic E-state index is -0.569. The van der Waals surface area contributed by atoms with Crippen LogP contribution in [-0.4, -0.2) is 19.4 Å². The van der Waals surface area contributed by atoms with Crippen LogP contribution in [0.15, 0.2) is 12.2 Å². The van der Waals surface area contributed by atoms with Crippen molar-refractivity contribution in [2.45, 2.75) is 6.92 Å². The molecule has 11 heavy (non-hydrogen) atoms. The third-order valence-electron chi connectivity index (χ3n) is 0.783. The maximum Gasteiger partial charge on any atom is 0.333 e. The second-order valence-electron chi connectivity index (χ2n) is 1.54.